The minimum Gasteiger partial charge on any atom is -0.506 e. The van der Waals surface area contributed by atoms with Gasteiger partial charge in [-0.05, 0) is 43.1 Å². The topological polar surface area (TPSA) is 52.6 Å². The number of aromatic hydroxyl groups is 1. The molecule has 0 aliphatic heterocycles. The zero-order chi connectivity index (χ0) is 14.5. The van der Waals surface area contributed by atoms with Crippen LogP contribution in [0.15, 0.2) is 35.7 Å². The molecule has 2 aromatic rings. The fourth-order valence-electron chi connectivity index (χ4n) is 1.91. The Kier molecular flexibility index (Phi) is 4.76. The SMILES string of the molecule is Cc1ccc(O)c(NC(=O)CN(C)Cc2cccs2)c1. The van der Waals surface area contributed by atoms with Crippen LogP contribution in [0.25, 0.3) is 0 Å². The molecule has 4 nitrogen and oxygen atoms in total. The summed E-state index contributed by atoms with van der Waals surface area (Å²) in [4.78, 5) is 15.1. The predicted molar refractivity (Wildman–Crippen MR) is 82.1 cm³/mol. The maximum atomic E-state index is 12.0. The normalized spacial score (nSPS) is 10.8. The number of nitrogens with zero attached hydrogens (tertiary/aromatic N) is 1. The molecule has 0 saturated carbocycles. The van der Waals surface area contributed by atoms with E-state index in [1.54, 1.807) is 29.5 Å². The third kappa shape index (κ3) is 4.08. The molecule has 1 aromatic heterocycles. The summed E-state index contributed by atoms with van der Waals surface area (Å²) in [6.45, 7) is 2.94. The van der Waals surface area contributed by atoms with Gasteiger partial charge in [0.25, 0.3) is 0 Å². The fourth-order valence-corrected chi connectivity index (χ4v) is 2.69. The van der Waals surface area contributed by atoms with Gasteiger partial charge in [0.1, 0.15) is 5.75 Å². The first-order chi connectivity index (χ1) is 9.54. The highest BCUT2D eigenvalue weighted by Gasteiger charge is 2.10. The van der Waals surface area contributed by atoms with Gasteiger partial charge >= 0.3 is 0 Å². The second-order valence-electron chi connectivity index (χ2n) is 4.82. The third-order valence-electron chi connectivity index (χ3n) is 2.85. The first kappa shape index (κ1) is 14.6. The van der Waals surface area contributed by atoms with E-state index in [1.807, 2.05) is 36.4 Å². The molecule has 0 unspecified atom stereocenters. The number of phenols is 1. The maximum Gasteiger partial charge on any atom is 0.238 e. The summed E-state index contributed by atoms with van der Waals surface area (Å²) in [5, 5.41) is 14.5. The van der Waals surface area contributed by atoms with Crippen LogP contribution in [-0.4, -0.2) is 29.5 Å². The summed E-state index contributed by atoms with van der Waals surface area (Å²) < 4.78 is 0. The molecule has 5 heteroatoms. The molecular formula is C15H18N2O2S. The first-order valence-corrected chi connectivity index (χ1v) is 7.23. The van der Waals surface area contributed by atoms with E-state index >= 15 is 0 Å². The molecular weight excluding hydrogens is 272 g/mol. The van der Waals surface area contributed by atoms with Crippen molar-refractivity contribution in [3.8, 4) is 5.75 Å². The molecule has 0 saturated heterocycles. The summed E-state index contributed by atoms with van der Waals surface area (Å²) in [5.74, 6) is -0.0465. The van der Waals surface area contributed by atoms with E-state index in [0.717, 1.165) is 12.1 Å². The van der Waals surface area contributed by atoms with Crippen LogP contribution in [0.3, 0.4) is 0 Å². The smallest absolute Gasteiger partial charge is 0.238 e. The molecule has 0 atom stereocenters. The van der Waals surface area contributed by atoms with Gasteiger partial charge in [-0.25, -0.2) is 0 Å². The molecule has 0 aliphatic rings. The minimum absolute atomic E-state index is 0.0878. The van der Waals surface area contributed by atoms with Crippen molar-refractivity contribution in [3.63, 3.8) is 0 Å². The van der Waals surface area contributed by atoms with Crippen LogP contribution >= 0.6 is 11.3 Å². The zero-order valence-electron chi connectivity index (χ0n) is 11.6. The summed E-state index contributed by atoms with van der Waals surface area (Å²) in [6, 6.07) is 9.19. The number of anilines is 1. The van der Waals surface area contributed by atoms with Crippen LogP contribution in [0, 0.1) is 6.92 Å². The lowest BCUT2D eigenvalue weighted by atomic mass is 10.2. The molecule has 0 radical (unpaired) electrons. The second-order valence-corrected chi connectivity index (χ2v) is 5.85. The highest BCUT2D eigenvalue weighted by molar-refractivity contribution is 7.09. The van der Waals surface area contributed by atoms with Gasteiger partial charge in [0.15, 0.2) is 0 Å². The van der Waals surface area contributed by atoms with E-state index in [2.05, 4.69) is 5.32 Å². The summed E-state index contributed by atoms with van der Waals surface area (Å²) >= 11 is 1.67. The Labute approximate surface area is 122 Å². The van der Waals surface area contributed by atoms with E-state index in [0.29, 0.717) is 5.69 Å². The lowest BCUT2D eigenvalue weighted by Gasteiger charge is -2.15. The largest absolute Gasteiger partial charge is 0.506 e. The van der Waals surface area contributed by atoms with E-state index in [9.17, 15) is 9.90 Å². The van der Waals surface area contributed by atoms with Crippen molar-refractivity contribution in [2.45, 2.75) is 13.5 Å². The number of hydrogen-bond donors (Lipinski definition) is 2. The number of nitrogens with one attached hydrogen (secondary N) is 1. The Morgan fingerprint density at radius 1 is 1.40 bits per heavy atom. The van der Waals surface area contributed by atoms with Gasteiger partial charge in [0.2, 0.25) is 5.91 Å². The molecule has 20 heavy (non-hydrogen) atoms. The Morgan fingerprint density at radius 2 is 2.20 bits per heavy atom. The summed E-state index contributed by atoms with van der Waals surface area (Å²) in [6.07, 6.45) is 0. The number of thiophene rings is 1. The quantitative estimate of drug-likeness (QED) is 0.833. The third-order valence-corrected chi connectivity index (χ3v) is 3.71. The van der Waals surface area contributed by atoms with Crippen molar-refractivity contribution in [2.24, 2.45) is 0 Å². The number of amides is 1. The van der Waals surface area contributed by atoms with E-state index in [4.69, 9.17) is 0 Å². The molecule has 2 N–H and O–H groups in total. The lowest BCUT2D eigenvalue weighted by Crippen LogP contribution is -2.29. The number of aryl methyl sites for hydroxylation is 1. The Morgan fingerprint density at radius 3 is 2.90 bits per heavy atom. The highest BCUT2D eigenvalue weighted by Crippen LogP contribution is 2.23. The first-order valence-electron chi connectivity index (χ1n) is 6.35. The summed E-state index contributed by atoms with van der Waals surface area (Å²) in [5.41, 5.74) is 1.45. The van der Waals surface area contributed by atoms with Crippen LogP contribution in [0.4, 0.5) is 5.69 Å². The predicted octanol–water partition coefficient (Wildman–Crippen LogP) is 2.83. The number of hydrogen-bond acceptors (Lipinski definition) is 4. The molecule has 1 amide bonds. The molecule has 0 aliphatic carbocycles. The van der Waals surface area contributed by atoms with Crippen molar-refractivity contribution in [2.75, 3.05) is 18.9 Å². The van der Waals surface area contributed by atoms with Crippen LogP contribution in [0.5, 0.6) is 5.75 Å². The number of carbonyl (C=O) groups is 1. The van der Waals surface area contributed by atoms with Crippen LogP contribution in [0.1, 0.15) is 10.4 Å². The van der Waals surface area contributed by atoms with Gasteiger partial charge in [0, 0.05) is 11.4 Å². The molecule has 106 valence electrons. The summed E-state index contributed by atoms with van der Waals surface area (Å²) in [7, 11) is 1.90. The number of rotatable bonds is 5. The van der Waals surface area contributed by atoms with Crippen LogP contribution in [-0.2, 0) is 11.3 Å². The number of benzene rings is 1. The minimum atomic E-state index is -0.134. The second kappa shape index (κ2) is 6.54. The lowest BCUT2D eigenvalue weighted by molar-refractivity contribution is -0.117. The zero-order valence-corrected chi connectivity index (χ0v) is 12.4. The van der Waals surface area contributed by atoms with Gasteiger partial charge in [-0.1, -0.05) is 12.1 Å². The van der Waals surface area contributed by atoms with E-state index in [1.165, 1.54) is 4.88 Å². The molecule has 0 spiro atoms. The molecule has 2 rings (SSSR count). The number of likely N-dealkylation sites (N-methyl/N-ethyl adjacent to an activating group) is 1. The molecule has 1 aromatic carbocycles. The van der Waals surface area contributed by atoms with Crippen molar-refractivity contribution < 1.29 is 9.90 Å². The standard InChI is InChI=1S/C15H18N2O2S/c1-11-5-6-14(18)13(8-11)16-15(19)10-17(2)9-12-4-3-7-20-12/h3-8,18H,9-10H2,1-2H3,(H,16,19). The molecule has 1 heterocycles. The average molecular weight is 290 g/mol. The highest BCUT2D eigenvalue weighted by atomic mass is 32.1. The molecule has 0 fully saturated rings. The van der Waals surface area contributed by atoms with Gasteiger partial charge in [0.05, 0.1) is 12.2 Å². The van der Waals surface area contributed by atoms with Gasteiger partial charge in [-0.3, -0.25) is 9.69 Å². The number of phenolic OH excluding ortho intramolecular Hbond substituents is 1. The van der Waals surface area contributed by atoms with Crippen molar-refractivity contribution in [1.82, 2.24) is 4.90 Å². The Balaban J connectivity index is 1.90. The van der Waals surface area contributed by atoms with Crippen LogP contribution < -0.4 is 5.32 Å². The number of carbonyl (C=O) groups excluding carboxylic acids is 1. The van der Waals surface area contributed by atoms with Gasteiger partial charge in [-0.15, -0.1) is 11.3 Å². The fraction of sp³-hybridized carbons (Fsp3) is 0.267. The average Bonchev–Trinajstić information content (AvgIpc) is 2.86. The Bertz CT molecular complexity index is 582. The monoisotopic (exact) mass is 290 g/mol. The van der Waals surface area contributed by atoms with Gasteiger partial charge in [-0.2, -0.15) is 0 Å². The van der Waals surface area contributed by atoms with Crippen molar-refractivity contribution >= 4 is 22.9 Å². The molecule has 0 bridgehead atoms. The van der Waals surface area contributed by atoms with Crippen molar-refractivity contribution in [3.05, 3.63) is 46.2 Å². The maximum absolute atomic E-state index is 12.0. The van der Waals surface area contributed by atoms with E-state index in [-0.39, 0.29) is 18.2 Å². The Hall–Kier alpha value is -1.85. The van der Waals surface area contributed by atoms with Crippen LogP contribution in [0.2, 0.25) is 0 Å². The van der Waals surface area contributed by atoms with Gasteiger partial charge < -0.3 is 10.4 Å². The van der Waals surface area contributed by atoms with E-state index < -0.39 is 0 Å². The van der Waals surface area contributed by atoms with Crippen molar-refractivity contribution in [1.29, 1.82) is 0 Å².